The highest BCUT2D eigenvalue weighted by molar-refractivity contribution is 5.59. The summed E-state index contributed by atoms with van der Waals surface area (Å²) in [4.78, 5) is 4.49. The summed E-state index contributed by atoms with van der Waals surface area (Å²) in [5.74, 6) is 0.999. The summed E-state index contributed by atoms with van der Waals surface area (Å²) in [5, 5.41) is 12.6. The lowest BCUT2D eigenvalue weighted by atomic mass is 10.1. The van der Waals surface area contributed by atoms with E-state index >= 15 is 0 Å². The van der Waals surface area contributed by atoms with Crippen LogP contribution in [0.15, 0.2) is 18.2 Å². The molecule has 0 aliphatic carbocycles. The normalized spacial score (nSPS) is 19.2. The van der Waals surface area contributed by atoms with Gasteiger partial charge in [0.25, 0.3) is 0 Å². The highest BCUT2D eigenvalue weighted by Crippen LogP contribution is 2.18. The zero-order valence-electron chi connectivity index (χ0n) is 10.5. The molecule has 3 rings (SSSR count). The molecule has 4 nitrogen and oxygen atoms in total. The van der Waals surface area contributed by atoms with Gasteiger partial charge in [0.05, 0.1) is 5.52 Å². The summed E-state index contributed by atoms with van der Waals surface area (Å²) in [6, 6.07) is 8.69. The molecule has 1 unspecified atom stereocenters. The lowest BCUT2D eigenvalue weighted by Gasteiger charge is -2.10. The number of fused-ring (bicyclic) bond motifs is 1. The molecule has 0 saturated carbocycles. The third kappa shape index (κ3) is 1.77. The Kier molecular flexibility index (Phi) is 2.77. The van der Waals surface area contributed by atoms with Gasteiger partial charge in [-0.25, -0.2) is 4.98 Å². The molecule has 1 N–H and O–H groups in total. The molecule has 1 saturated heterocycles. The van der Waals surface area contributed by atoms with Gasteiger partial charge in [-0.15, -0.1) is 0 Å². The number of aromatic nitrogens is 2. The first-order valence-electron chi connectivity index (χ1n) is 6.40. The van der Waals surface area contributed by atoms with Gasteiger partial charge in [0.15, 0.2) is 5.69 Å². The number of nitriles is 1. The van der Waals surface area contributed by atoms with Crippen LogP contribution < -0.4 is 5.32 Å². The number of rotatable bonds is 2. The second kappa shape index (κ2) is 4.43. The van der Waals surface area contributed by atoms with Crippen molar-refractivity contribution >= 4 is 5.52 Å². The van der Waals surface area contributed by atoms with Crippen LogP contribution in [0.25, 0.3) is 5.52 Å². The minimum Gasteiger partial charge on any atom is -0.314 e. The van der Waals surface area contributed by atoms with Crippen LogP contribution in [-0.4, -0.2) is 22.0 Å². The first-order chi connectivity index (χ1) is 8.79. The van der Waals surface area contributed by atoms with Crippen LogP contribution in [0.4, 0.5) is 0 Å². The Balaban J connectivity index is 2.08. The van der Waals surface area contributed by atoms with Crippen LogP contribution >= 0.6 is 0 Å². The van der Waals surface area contributed by atoms with Crippen LogP contribution in [0.5, 0.6) is 0 Å². The van der Waals surface area contributed by atoms with Gasteiger partial charge in [0.1, 0.15) is 11.9 Å². The largest absolute Gasteiger partial charge is 0.314 e. The van der Waals surface area contributed by atoms with Crippen molar-refractivity contribution in [1.29, 1.82) is 5.26 Å². The van der Waals surface area contributed by atoms with E-state index in [1.807, 2.05) is 12.1 Å². The van der Waals surface area contributed by atoms with E-state index in [9.17, 15) is 0 Å². The molecule has 0 bridgehead atoms. The second-order valence-electron chi connectivity index (χ2n) is 4.87. The Morgan fingerprint density at radius 3 is 3.17 bits per heavy atom. The quantitative estimate of drug-likeness (QED) is 0.871. The monoisotopic (exact) mass is 240 g/mol. The Hall–Kier alpha value is -1.86. The van der Waals surface area contributed by atoms with E-state index in [2.05, 4.69) is 33.8 Å². The fourth-order valence-corrected chi connectivity index (χ4v) is 2.75. The fraction of sp³-hybridized carbons (Fsp3) is 0.429. The van der Waals surface area contributed by atoms with Gasteiger partial charge < -0.3 is 5.32 Å². The summed E-state index contributed by atoms with van der Waals surface area (Å²) in [6.07, 6.45) is 3.33. The lowest BCUT2D eigenvalue weighted by Crippen LogP contribution is -2.24. The Labute approximate surface area is 106 Å². The molecule has 0 amide bonds. The molecule has 1 aliphatic heterocycles. The van der Waals surface area contributed by atoms with Crippen LogP contribution in [0.3, 0.4) is 0 Å². The third-order valence-electron chi connectivity index (χ3n) is 3.62. The fourth-order valence-electron chi connectivity index (χ4n) is 2.75. The summed E-state index contributed by atoms with van der Waals surface area (Å²) in [5.41, 5.74) is 2.59. The Morgan fingerprint density at radius 1 is 1.56 bits per heavy atom. The predicted molar refractivity (Wildman–Crippen MR) is 69.4 cm³/mol. The molecular formula is C14H16N4. The first-order valence-corrected chi connectivity index (χ1v) is 6.40. The summed E-state index contributed by atoms with van der Waals surface area (Å²) in [6.45, 7) is 3.15. The predicted octanol–water partition coefficient (Wildman–Crippen LogP) is 1.81. The van der Waals surface area contributed by atoms with Crippen LogP contribution in [0.1, 0.15) is 30.1 Å². The van der Waals surface area contributed by atoms with Gasteiger partial charge in [0.2, 0.25) is 0 Å². The molecule has 2 aromatic rings. The standard InChI is InChI=1S/C14H16N4/c1-10-4-2-6-13-12(9-15)17-14(18(10)13)8-11-5-3-7-16-11/h2,4,6,11,16H,3,5,7-8H2,1H3. The van der Waals surface area contributed by atoms with E-state index in [4.69, 9.17) is 5.26 Å². The number of aryl methyl sites for hydroxylation is 1. The average molecular weight is 240 g/mol. The maximum atomic E-state index is 9.16. The van der Waals surface area contributed by atoms with Crippen LogP contribution in [0, 0.1) is 18.3 Å². The average Bonchev–Trinajstić information content (AvgIpc) is 2.98. The highest BCUT2D eigenvalue weighted by atomic mass is 15.1. The van der Waals surface area contributed by atoms with Gasteiger partial charge in [-0.2, -0.15) is 5.26 Å². The third-order valence-corrected chi connectivity index (χ3v) is 3.62. The molecule has 18 heavy (non-hydrogen) atoms. The Bertz CT molecular complexity index is 614. The highest BCUT2D eigenvalue weighted by Gasteiger charge is 2.19. The minimum absolute atomic E-state index is 0.502. The second-order valence-corrected chi connectivity index (χ2v) is 4.87. The van der Waals surface area contributed by atoms with Gasteiger partial charge in [-0.05, 0) is 38.4 Å². The zero-order chi connectivity index (χ0) is 12.5. The molecule has 1 atom stereocenters. The van der Waals surface area contributed by atoms with Crippen molar-refractivity contribution in [2.45, 2.75) is 32.2 Å². The van der Waals surface area contributed by atoms with Crippen molar-refractivity contribution < 1.29 is 0 Å². The topological polar surface area (TPSA) is 53.1 Å². The van der Waals surface area contributed by atoms with E-state index in [1.54, 1.807) is 0 Å². The van der Waals surface area contributed by atoms with Crippen molar-refractivity contribution in [1.82, 2.24) is 14.7 Å². The van der Waals surface area contributed by atoms with E-state index in [0.717, 1.165) is 30.0 Å². The maximum Gasteiger partial charge on any atom is 0.166 e. The SMILES string of the molecule is Cc1cccc2c(C#N)nc(CC3CCCN3)n12. The molecule has 0 aromatic carbocycles. The molecule has 1 fully saturated rings. The van der Waals surface area contributed by atoms with E-state index in [0.29, 0.717) is 11.7 Å². The van der Waals surface area contributed by atoms with Crippen LogP contribution in [-0.2, 0) is 6.42 Å². The smallest absolute Gasteiger partial charge is 0.166 e. The molecule has 0 radical (unpaired) electrons. The van der Waals surface area contributed by atoms with Gasteiger partial charge in [0, 0.05) is 18.2 Å². The van der Waals surface area contributed by atoms with E-state index in [-0.39, 0.29) is 0 Å². The molecule has 0 spiro atoms. The zero-order valence-corrected chi connectivity index (χ0v) is 10.5. The molecule has 92 valence electrons. The molecule has 3 heterocycles. The van der Waals surface area contributed by atoms with E-state index in [1.165, 1.54) is 12.8 Å². The Morgan fingerprint density at radius 2 is 2.44 bits per heavy atom. The molecule has 4 heteroatoms. The maximum absolute atomic E-state index is 9.16. The number of nitrogens with one attached hydrogen (secondary N) is 1. The van der Waals surface area contributed by atoms with E-state index < -0.39 is 0 Å². The number of hydrogen-bond donors (Lipinski definition) is 1. The molecular weight excluding hydrogens is 224 g/mol. The van der Waals surface area contributed by atoms with Crippen molar-refractivity contribution in [2.24, 2.45) is 0 Å². The van der Waals surface area contributed by atoms with Crippen molar-refractivity contribution in [2.75, 3.05) is 6.54 Å². The summed E-state index contributed by atoms with van der Waals surface area (Å²) >= 11 is 0. The van der Waals surface area contributed by atoms with Crippen molar-refractivity contribution in [3.05, 3.63) is 35.4 Å². The van der Waals surface area contributed by atoms with Gasteiger partial charge >= 0.3 is 0 Å². The van der Waals surface area contributed by atoms with Gasteiger partial charge in [-0.3, -0.25) is 4.40 Å². The summed E-state index contributed by atoms with van der Waals surface area (Å²) < 4.78 is 2.11. The van der Waals surface area contributed by atoms with Gasteiger partial charge in [-0.1, -0.05) is 6.07 Å². The number of pyridine rings is 1. The van der Waals surface area contributed by atoms with Crippen LogP contribution in [0.2, 0.25) is 0 Å². The lowest BCUT2D eigenvalue weighted by molar-refractivity contribution is 0.583. The first kappa shape index (κ1) is 11.2. The molecule has 1 aliphatic rings. The number of hydrogen-bond acceptors (Lipinski definition) is 3. The van der Waals surface area contributed by atoms with Crippen molar-refractivity contribution in [3.63, 3.8) is 0 Å². The minimum atomic E-state index is 0.502. The molecule has 2 aromatic heterocycles. The number of nitrogens with zero attached hydrogens (tertiary/aromatic N) is 3. The summed E-state index contributed by atoms with van der Waals surface area (Å²) in [7, 11) is 0. The number of imidazole rings is 1. The van der Waals surface area contributed by atoms with Crippen molar-refractivity contribution in [3.8, 4) is 6.07 Å².